The molecule has 0 radical (unpaired) electrons. The summed E-state index contributed by atoms with van der Waals surface area (Å²) in [5, 5.41) is 2.97. The van der Waals surface area contributed by atoms with Gasteiger partial charge in [0.2, 0.25) is 0 Å². The Hall–Kier alpha value is -3.06. The quantitative estimate of drug-likeness (QED) is 0.638. The minimum atomic E-state index is -0.110. The van der Waals surface area contributed by atoms with E-state index in [0.717, 1.165) is 32.8 Å². The van der Waals surface area contributed by atoms with Crippen LogP contribution in [0.15, 0.2) is 30.3 Å². The van der Waals surface area contributed by atoms with Crippen molar-refractivity contribution in [3.8, 4) is 11.5 Å². The fraction of sp³-hybridized carbons (Fsp3) is 0.417. The molecule has 168 valence electrons. The van der Waals surface area contributed by atoms with Gasteiger partial charge in [-0.2, -0.15) is 0 Å². The third kappa shape index (κ3) is 6.46. The van der Waals surface area contributed by atoms with Crippen LogP contribution in [-0.4, -0.2) is 58.1 Å². The number of anilines is 1. The molecule has 7 heteroatoms. The van der Waals surface area contributed by atoms with E-state index in [4.69, 9.17) is 9.47 Å². The minimum Gasteiger partial charge on any atom is -0.493 e. The second kappa shape index (κ2) is 10.8. The highest BCUT2D eigenvalue weighted by Gasteiger charge is 2.19. The second-order valence-corrected chi connectivity index (χ2v) is 8.01. The number of nitrogens with zero attached hydrogens (tertiary/aromatic N) is 1. The van der Waals surface area contributed by atoms with Gasteiger partial charge in [0.1, 0.15) is 0 Å². The number of quaternary nitrogens is 1. The van der Waals surface area contributed by atoms with Gasteiger partial charge in [0.25, 0.3) is 11.8 Å². The lowest BCUT2D eigenvalue weighted by Gasteiger charge is -2.22. The number of likely N-dealkylation sites (N-methyl/N-ethyl adjacent to an activating group) is 2. The Bertz CT molecular complexity index is 922. The molecule has 0 aliphatic heterocycles. The molecule has 0 aliphatic rings. The van der Waals surface area contributed by atoms with Crippen molar-refractivity contribution in [3.05, 3.63) is 52.6 Å². The van der Waals surface area contributed by atoms with Crippen molar-refractivity contribution in [1.29, 1.82) is 0 Å². The third-order valence-electron chi connectivity index (χ3n) is 5.34. The normalized spacial score (nSPS) is 11.6. The van der Waals surface area contributed by atoms with Crippen molar-refractivity contribution in [1.82, 2.24) is 4.90 Å². The average Bonchev–Trinajstić information content (AvgIpc) is 2.71. The van der Waals surface area contributed by atoms with E-state index in [1.807, 2.05) is 58.2 Å². The monoisotopic (exact) mass is 428 g/mol. The number of aryl methyl sites for hydroxylation is 3. The number of hydrogen-bond donors (Lipinski definition) is 2. The van der Waals surface area contributed by atoms with E-state index in [-0.39, 0.29) is 24.9 Å². The Labute approximate surface area is 184 Å². The lowest BCUT2D eigenvalue weighted by Crippen LogP contribution is -3.11. The molecule has 1 atom stereocenters. The summed E-state index contributed by atoms with van der Waals surface area (Å²) in [5.74, 6) is 1.15. The summed E-state index contributed by atoms with van der Waals surface area (Å²) in [7, 11) is 6.80. The number of carbonyl (C=O) groups is 2. The number of amides is 2. The maximum atomic E-state index is 12.7. The topological polar surface area (TPSA) is 72.3 Å². The highest BCUT2D eigenvalue weighted by Crippen LogP contribution is 2.30. The molecule has 0 saturated carbocycles. The van der Waals surface area contributed by atoms with E-state index in [9.17, 15) is 9.59 Å². The molecular formula is C24H34N3O4+. The van der Waals surface area contributed by atoms with Crippen LogP contribution < -0.4 is 19.7 Å². The van der Waals surface area contributed by atoms with Crippen molar-refractivity contribution >= 4 is 17.5 Å². The largest absolute Gasteiger partial charge is 0.493 e. The van der Waals surface area contributed by atoms with Crippen LogP contribution in [0, 0.1) is 20.8 Å². The van der Waals surface area contributed by atoms with Gasteiger partial charge in [0.15, 0.2) is 24.6 Å². The molecule has 31 heavy (non-hydrogen) atoms. The summed E-state index contributed by atoms with van der Waals surface area (Å²) in [6, 6.07) is 9.70. The van der Waals surface area contributed by atoms with Gasteiger partial charge < -0.3 is 24.6 Å². The van der Waals surface area contributed by atoms with Crippen LogP contribution in [0.25, 0.3) is 0 Å². The van der Waals surface area contributed by atoms with Gasteiger partial charge in [-0.15, -0.1) is 0 Å². The molecular weight excluding hydrogens is 394 g/mol. The third-order valence-corrected chi connectivity index (χ3v) is 5.34. The van der Waals surface area contributed by atoms with Gasteiger partial charge in [-0.1, -0.05) is 18.2 Å². The van der Waals surface area contributed by atoms with Crippen LogP contribution in [0.1, 0.15) is 22.3 Å². The summed E-state index contributed by atoms with van der Waals surface area (Å²) >= 11 is 0. The van der Waals surface area contributed by atoms with Crippen molar-refractivity contribution in [2.75, 3.05) is 46.7 Å². The molecule has 2 N–H and O–H groups in total. The smallest absolute Gasteiger partial charge is 0.279 e. The lowest BCUT2D eigenvalue weighted by atomic mass is 10.1. The molecule has 0 fully saturated rings. The van der Waals surface area contributed by atoms with Crippen molar-refractivity contribution in [3.63, 3.8) is 0 Å². The number of rotatable bonds is 9. The zero-order chi connectivity index (χ0) is 23.1. The van der Waals surface area contributed by atoms with Gasteiger partial charge in [-0.3, -0.25) is 9.59 Å². The number of benzene rings is 2. The Morgan fingerprint density at radius 2 is 1.55 bits per heavy atom. The van der Waals surface area contributed by atoms with Crippen molar-refractivity contribution in [2.24, 2.45) is 0 Å². The molecule has 1 unspecified atom stereocenters. The molecule has 0 aliphatic carbocycles. The summed E-state index contributed by atoms with van der Waals surface area (Å²) in [5.41, 5.74) is 4.89. The first kappa shape index (κ1) is 24.2. The Morgan fingerprint density at radius 3 is 2.13 bits per heavy atom. The van der Waals surface area contributed by atoms with E-state index >= 15 is 0 Å². The van der Waals surface area contributed by atoms with E-state index < -0.39 is 0 Å². The molecule has 0 spiro atoms. The SMILES string of the molecule is COc1cc(C)c(CN(C)C(=O)C[NH+](C)CC(=O)Nc2c(C)cccc2C)cc1OC. The van der Waals surface area contributed by atoms with Gasteiger partial charge in [-0.25, -0.2) is 0 Å². The fourth-order valence-corrected chi connectivity index (χ4v) is 3.46. The van der Waals surface area contributed by atoms with E-state index in [2.05, 4.69) is 5.32 Å². The van der Waals surface area contributed by atoms with E-state index in [0.29, 0.717) is 18.0 Å². The van der Waals surface area contributed by atoms with E-state index in [1.165, 1.54) is 0 Å². The summed E-state index contributed by atoms with van der Waals surface area (Å²) in [6.45, 7) is 6.80. The zero-order valence-electron chi connectivity index (χ0n) is 19.6. The van der Waals surface area contributed by atoms with Gasteiger partial charge in [-0.05, 0) is 55.2 Å². The van der Waals surface area contributed by atoms with Crippen LogP contribution in [0.4, 0.5) is 5.69 Å². The van der Waals surface area contributed by atoms with Gasteiger partial charge in [0.05, 0.1) is 21.3 Å². The first-order valence-corrected chi connectivity index (χ1v) is 10.3. The maximum Gasteiger partial charge on any atom is 0.279 e. The number of carbonyl (C=O) groups excluding carboxylic acids is 2. The predicted octanol–water partition coefficient (Wildman–Crippen LogP) is 1.74. The number of methoxy groups -OCH3 is 2. The Balaban J connectivity index is 1.94. The molecule has 0 saturated heterocycles. The standard InChI is InChI=1S/C24H33N3O4/c1-16-9-8-10-17(2)24(16)25-22(28)14-26(4)15-23(29)27(5)13-19-12-21(31-7)20(30-6)11-18(19)3/h8-12H,13-15H2,1-7H3,(H,25,28)/p+1. The molecule has 0 bridgehead atoms. The van der Waals surface area contributed by atoms with Crippen LogP contribution in [0.5, 0.6) is 11.5 Å². The Morgan fingerprint density at radius 1 is 0.968 bits per heavy atom. The van der Waals surface area contributed by atoms with Gasteiger partial charge >= 0.3 is 0 Å². The number of nitrogens with one attached hydrogen (secondary N) is 2. The van der Waals surface area contributed by atoms with Crippen LogP contribution in [-0.2, 0) is 16.1 Å². The van der Waals surface area contributed by atoms with Crippen LogP contribution in [0.2, 0.25) is 0 Å². The molecule has 0 aromatic heterocycles. The highest BCUT2D eigenvalue weighted by atomic mass is 16.5. The van der Waals surface area contributed by atoms with Crippen LogP contribution in [0.3, 0.4) is 0 Å². The zero-order valence-corrected chi connectivity index (χ0v) is 19.6. The maximum absolute atomic E-state index is 12.7. The molecule has 7 nitrogen and oxygen atoms in total. The van der Waals surface area contributed by atoms with Crippen LogP contribution >= 0.6 is 0 Å². The molecule has 0 heterocycles. The first-order valence-electron chi connectivity index (χ1n) is 10.3. The summed E-state index contributed by atoms with van der Waals surface area (Å²) < 4.78 is 10.7. The summed E-state index contributed by atoms with van der Waals surface area (Å²) in [6.07, 6.45) is 0. The molecule has 2 rings (SSSR count). The fourth-order valence-electron chi connectivity index (χ4n) is 3.46. The molecule has 2 aromatic rings. The predicted molar refractivity (Wildman–Crippen MR) is 122 cm³/mol. The van der Waals surface area contributed by atoms with Crippen molar-refractivity contribution in [2.45, 2.75) is 27.3 Å². The summed E-state index contributed by atoms with van der Waals surface area (Å²) in [4.78, 5) is 27.7. The minimum absolute atomic E-state index is 0.0356. The molecule has 2 amide bonds. The second-order valence-electron chi connectivity index (χ2n) is 8.01. The van der Waals surface area contributed by atoms with Gasteiger partial charge in [0, 0.05) is 19.3 Å². The number of hydrogen-bond acceptors (Lipinski definition) is 4. The average molecular weight is 429 g/mol. The highest BCUT2D eigenvalue weighted by molar-refractivity contribution is 5.93. The molecule has 2 aromatic carbocycles. The van der Waals surface area contributed by atoms with E-state index in [1.54, 1.807) is 26.2 Å². The van der Waals surface area contributed by atoms with Crippen molar-refractivity contribution < 1.29 is 24.0 Å². The number of ether oxygens (including phenoxy) is 2. The first-order chi connectivity index (χ1) is 14.7. The lowest BCUT2D eigenvalue weighted by molar-refractivity contribution is -0.862. The number of para-hydroxylation sites is 1. The Kier molecular flexibility index (Phi) is 8.45.